The highest BCUT2D eigenvalue weighted by atomic mass is 15.3. The molecule has 2 aromatic rings. The van der Waals surface area contributed by atoms with Crippen molar-refractivity contribution in [2.75, 3.05) is 6.54 Å². The first-order valence-electron chi connectivity index (χ1n) is 7.14. The topological polar surface area (TPSA) is 55.6 Å². The van der Waals surface area contributed by atoms with Crippen LogP contribution in [0.15, 0.2) is 18.5 Å². The Balaban J connectivity index is 1.98. The third-order valence-electron chi connectivity index (χ3n) is 3.01. The quantitative estimate of drug-likeness (QED) is 0.820. The number of rotatable bonds is 6. The summed E-state index contributed by atoms with van der Waals surface area (Å²) in [6.07, 6.45) is 6.04. The lowest BCUT2D eigenvalue weighted by Crippen LogP contribution is -2.23. The molecule has 0 saturated heterocycles. The smallest absolute Gasteiger partial charge is 0.250 e. The van der Waals surface area contributed by atoms with Gasteiger partial charge in [0.1, 0.15) is 0 Å². The minimum absolute atomic E-state index is 0.543. The third-order valence-corrected chi connectivity index (χ3v) is 3.01. The maximum absolute atomic E-state index is 4.41. The highest BCUT2D eigenvalue weighted by molar-refractivity contribution is 5.19. The van der Waals surface area contributed by atoms with Crippen molar-refractivity contribution in [3.63, 3.8) is 0 Å². The van der Waals surface area contributed by atoms with Crippen molar-refractivity contribution < 1.29 is 0 Å². The molecule has 0 saturated carbocycles. The van der Waals surface area contributed by atoms with Crippen molar-refractivity contribution in [2.45, 2.75) is 46.6 Å². The molecule has 0 bridgehead atoms. The van der Waals surface area contributed by atoms with E-state index in [4.69, 9.17) is 0 Å². The van der Waals surface area contributed by atoms with Crippen molar-refractivity contribution >= 4 is 0 Å². The minimum atomic E-state index is 0.543. The van der Waals surface area contributed by atoms with Crippen LogP contribution in [0.25, 0.3) is 5.95 Å². The molecule has 108 valence electrons. The van der Waals surface area contributed by atoms with E-state index in [2.05, 4.69) is 34.2 Å². The van der Waals surface area contributed by atoms with E-state index >= 15 is 0 Å². The Morgan fingerprint density at radius 2 is 1.90 bits per heavy atom. The summed E-state index contributed by atoms with van der Waals surface area (Å²) in [5.41, 5.74) is 3.15. The summed E-state index contributed by atoms with van der Waals surface area (Å²) < 4.78 is 1.76. The zero-order valence-electron chi connectivity index (χ0n) is 12.7. The Morgan fingerprint density at radius 1 is 1.20 bits per heavy atom. The predicted molar refractivity (Wildman–Crippen MR) is 80.1 cm³/mol. The van der Waals surface area contributed by atoms with E-state index in [1.165, 1.54) is 5.56 Å². The fourth-order valence-corrected chi connectivity index (χ4v) is 2.09. The van der Waals surface area contributed by atoms with E-state index in [9.17, 15) is 0 Å². The van der Waals surface area contributed by atoms with Gasteiger partial charge in [-0.3, -0.25) is 0 Å². The van der Waals surface area contributed by atoms with Crippen LogP contribution >= 0.6 is 0 Å². The number of hydrogen-bond acceptors (Lipinski definition) is 4. The van der Waals surface area contributed by atoms with Crippen LogP contribution in [-0.2, 0) is 6.42 Å². The van der Waals surface area contributed by atoms with Gasteiger partial charge in [-0.2, -0.15) is 5.10 Å². The Kier molecular flexibility index (Phi) is 4.84. The highest BCUT2D eigenvalue weighted by Gasteiger charge is 2.05. The summed E-state index contributed by atoms with van der Waals surface area (Å²) >= 11 is 0. The molecule has 0 fully saturated rings. The largest absolute Gasteiger partial charge is 0.315 e. The number of nitrogens with zero attached hydrogens (tertiary/aromatic N) is 4. The summed E-state index contributed by atoms with van der Waals surface area (Å²) in [4.78, 5) is 8.83. The lowest BCUT2D eigenvalue weighted by molar-refractivity contribution is 0.570. The molecule has 0 aliphatic heterocycles. The Labute approximate surface area is 120 Å². The van der Waals surface area contributed by atoms with Gasteiger partial charge in [0.2, 0.25) is 0 Å². The zero-order valence-corrected chi connectivity index (χ0v) is 12.7. The summed E-state index contributed by atoms with van der Waals surface area (Å²) in [5, 5.41) is 7.77. The number of aromatic nitrogens is 4. The van der Waals surface area contributed by atoms with E-state index in [0.29, 0.717) is 12.0 Å². The molecule has 0 atom stereocenters. The minimum Gasteiger partial charge on any atom is -0.315 e. The van der Waals surface area contributed by atoms with Crippen LogP contribution in [0.5, 0.6) is 0 Å². The van der Waals surface area contributed by atoms with Crippen molar-refractivity contribution in [3.05, 3.63) is 35.4 Å². The molecular formula is C15H23N5. The third kappa shape index (κ3) is 4.13. The summed E-state index contributed by atoms with van der Waals surface area (Å²) in [6.45, 7) is 9.30. The van der Waals surface area contributed by atoms with Crippen LogP contribution in [0.4, 0.5) is 0 Å². The van der Waals surface area contributed by atoms with Gasteiger partial charge >= 0.3 is 0 Å². The van der Waals surface area contributed by atoms with Crippen molar-refractivity contribution in [1.29, 1.82) is 0 Å². The van der Waals surface area contributed by atoms with Crippen molar-refractivity contribution in [1.82, 2.24) is 25.1 Å². The maximum atomic E-state index is 4.41. The molecule has 2 aromatic heterocycles. The van der Waals surface area contributed by atoms with Crippen LogP contribution in [0.1, 0.15) is 37.2 Å². The molecule has 1 N–H and O–H groups in total. The van der Waals surface area contributed by atoms with Gasteiger partial charge in [0.15, 0.2) is 0 Å². The van der Waals surface area contributed by atoms with E-state index < -0.39 is 0 Å². The first-order valence-corrected chi connectivity index (χ1v) is 7.14. The van der Waals surface area contributed by atoms with Crippen LogP contribution in [0.3, 0.4) is 0 Å². The predicted octanol–water partition coefficient (Wildman–Crippen LogP) is 2.21. The zero-order chi connectivity index (χ0) is 14.5. The van der Waals surface area contributed by atoms with E-state index in [1.54, 1.807) is 4.68 Å². The summed E-state index contributed by atoms with van der Waals surface area (Å²) in [7, 11) is 0. The number of aryl methyl sites for hydroxylation is 3. The van der Waals surface area contributed by atoms with Gasteiger partial charge in [0.25, 0.3) is 5.95 Å². The molecule has 0 aliphatic rings. The van der Waals surface area contributed by atoms with Gasteiger partial charge in [0, 0.05) is 23.6 Å². The number of nitrogens with one attached hydrogen (secondary N) is 1. The van der Waals surface area contributed by atoms with Gasteiger partial charge in [0.05, 0.1) is 6.20 Å². The normalized spacial score (nSPS) is 11.2. The first kappa shape index (κ1) is 14.7. The molecule has 5 nitrogen and oxygen atoms in total. The fourth-order valence-electron chi connectivity index (χ4n) is 2.09. The Bertz CT molecular complexity index is 539. The molecule has 0 radical (unpaired) electrons. The van der Waals surface area contributed by atoms with Gasteiger partial charge in [-0.05, 0) is 44.9 Å². The van der Waals surface area contributed by atoms with Crippen LogP contribution in [0, 0.1) is 13.8 Å². The second kappa shape index (κ2) is 6.61. The van der Waals surface area contributed by atoms with Gasteiger partial charge in [-0.25, -0.2) is 14.6 Å². The van der Waals surface area contributed by atoms with E-state index in [0.717, 1.165) is 30.8 Å². The first-order chi connectivity index (χ1) is 9.54. The molecule has 2 rings (SSSR count). The molecule has 20 heavy (non-hydrogen) atoms. The van der Waals surface area contributed by atoms with Crippen molar-refractivity contribution in [3.8, 4) is 5.95 Å². The van der Waals surface area contributed by atoms with Gasteiger partial charge < -0.3 is 5.32 Å². The lowest BCUT2D eigenvalue weighted by atomic mass is 10.2. The molecule has 0 aliphatic carbocycles. The SMILES string of the molecule is Cc1cc(C)nc(-n2cc(CCCNC(C)C)cn2)n1. The number of hydrogen-bond donors (Lipinski definition) is 1. The monoisotopic (exact) mass is 273 g/mol. The molecule has 0 spiro atoms. The van der Waals surface area contributed by atoms with Crippen molar-refractivity contribution in [2.24, 2.45) is 0 Å². The maximum Gasteiger partial charge on any atom is 0.250 e. The molecule has 0 unspecified atom stereocenters. The Hall–Kier alpha value is -1.75. The molecule has 0 aromatic carbocycles. The average Bonchev–Trinajstić information content (AvgIpc) is 2.82. The standard InChI is InChI=1S/C15H23N5/c1-11(2)16-7-5-6-14-9-17-20(10-14)15-18-12(3)8-13(4)19-15/h8-11,16H,5-7H2,1-4H3. The van der Waals surface area contributed by atoms with E-state index in [1.807, 2.05) is 32.3 Å². The highest BCUT2D eigenvalue weighted by Crippen LogP contribution is 2.07. The van der Waals surface area contributed by atoms with Gasteiger partial charge in [-0.1, -0.05) is 13.8 Å². The molecule has 5 heteroatoms. The average molecular weight is 273 g/mol. The van der Waals surface area contributed by atoms with Crippen LogP contribution in [0.2, 0.25) is 0 Å². The second-order valence-corrected chi connectivity index (χ2v) is 5.46. The Morgan fingerprint density at radius 3 is 2.55 bits per heavy atom. The second-order valence-electron chi connectivity index (χ2n) is 5.46. The lowest BCUT2D eigenvalue weighted by Gasteiger charge is -2.06. The molecular weight excluding hydrogens is 250 g/mol. The van der Waals surface area contributed by atoms with Crippen LogP contribution in [-0.4, -0.2) is 32.3 Å². The van der Waals surface area contributed by atoms with E-state index in [-0.39, 0.29) is 0 Å². The summed E-state index contributed by atoms with van der Waals surface area (Å²) in [6, 6.07) is 2.51. The molecule has 2 heterocycles. The van der Waals surface area contributed by atoms with Gasteiger partial charge in [-0.15, -0.1) is 0 Å². The fraction of sp³-hybridized carbons (Fsp3) is 0.533. The molecule has 0 amide bonds. The van der Waals surface area contributed by atoms with Crippen LogP contribution < -0.4 is 5.32 Å². The summed E-state index contributed by atoms with van der Waals surface area (Å²) in [5.74, 6) is 0.647.